The zero-order valence-corrected chi connectivity index (χ0v) is 19.5. The van der Waals surface area contributed by atoms with Gasteiger partial charge >= 0.3 is 11.9 Å². The highest BCUT2D eigenvalue weighted by atomic mass is 16.5. The molecule has 0 saturated heterocycles. The Balaban J connectivity index is 1.32. The Labute approximate surface area is 196 Å². The van der Waals surface area contributed by atoms with Crippen LogP contribution in [0.1, 0.15) is 61.9 Å². The molecule has 0 N–H and O–H groups in total. The smallest absolute Gasteiger partial charge is 0.338 e. The summed E-state index contributed by atoms with van der Waals surface area (Å²) >= 11 is 0. The normalized spacial score (nSPS) is 11.6. The molecule has 0 amide bonds. The van der Waals surface area contributed by atoms with E-state index in [4.69, 9.17) is 9.47 Å². The average molecular weight is 445 g/mol. The fourth-order valence-electron chi connectivity index (χ4n) is 3.74. The van der Waals surface area contributed by atoms with Crippen LogP contribution in [-0.4, -0.2) is 18.0 Å². The Morgan fingerprint density at radius 3 is 2.00 bits per heavy atom. The van der Waals surface area contributed by atoms with Crippen molar-refractivity contribution in [2.45, 2.75) is 58.5 Å². The van der Waals surface area contributed by atoms with Gasteiger partial charge in [0.2, 0.25) is 0 Å². The van der Waals surface area contributed by atoms with Gasteiger partial charge in [-0.05, 0) is 73.6 Å². The summed E-state index contributed by atoms with van der Waals surface area (Å²) in [7, 11) is 0. The highest BCUT2D eigenvalue weighted by Crippen LogP contribution is 2.23. The molecule has 4 heteroatoms. The van der Waals surface area contributed by atoms with E-state index in [2.05, 4.69) is 24.3 Å². The van der Waals surface area contributed by atoms with Crippen LogP contribution in [0.25, 0.3) is 11.1 Å². The third kappa shape index (κ3) is 8.23. The Kier molecular flexibility index (Phi) is 9.25. The van der Waals surface area contributed by atoms with E-state index in [1.54, 1.807) is 12.1 Å². The van der Waals surface area contributed by atoms with Crippen molar-refractivity contribution < 1.29 is 19.1 Å². The molecule has 0 saturated carbocycles. The maximum atomic E-state index is 12.1. The highest BCUT2D eigenvalue weighted by Gasteiger charge is 2.11. The van der Waals surface area contributed by atoms with Crippen LogP contribution in [0, 0.1) is 0 Å². The predicted molar refractivity (Wildman–Crippen MR) is 131 cm³/mol. The monoisotopic (exact) mass is 444 g/mol. The molecular weight excluding hydrogens is 412 g/mol. The number of rotatable bonds is 11. The van der Waals surface area contributed by atoms with Crippen molar-refractivity contribution in [2.24, 2.45) is 0 Å². The van der Waals surface area contributed by atoms with Crippen LogP contribution in [0.5, 0.6) is 5.75 Å². The van der Waals surface area contributed by atoms with E-state index in [0.717, 1.165) is 43.2 Å². The average Bonchev–Trinajstić information content (AvgIpc) is 2.82. The zero-order chi connectivity index (χ0) is 23.5. The summed E-state index contributed by atoms with van der Waals surface area (Å²) in [5, 5.41) is 0. The number of benzene rings is 3. The Morgan fingerprint density at radius 2 is 1.36 bits per heavy atom. The van der Waals surface area contributed by atoms with Gasteiger partial charge in [0, 0.05) is 6.92 Å². The van der Waals surface area contributed by atoms with Gasteiger partial charge in [0.25, 0.3) is 0 Å². The first kappa shape index (κ1) is 24.2. The number of unbranched alkanes of at least 4 members (excludes halogenated alkanes) is 3. The van der Waals surface area contributed by atoms with Crippen LogP contribution in [0.15, 0.2) is 78.9 Å². The second-order valence-corrected chi connectivity index (χ2v) is 8.35. The first-order chi connectivity index (χ1) is 16.0. The molecule has 0 fully saturated rings. The molecule has 0 heterocycles. The maximum absolute atomic E-state index is 12.1. The van der Waals surface area contributed by atoms with E-state index >= 15 is 0 Å². The van der Waals surface area contributed by atoms with Crippen LogP contribution in [-0.2, 0) is 16.0 Å². The van der Waals surface area contributed by atoms with E-state index in [9.17, 15) is 9.59 Å². The molecule has 0 aliphatic carbocycles. The lowest BCUT2D eigenvalue weighted by atomic mass is 10.0. The minimum absolute atomic E-state index is 0.0617. The molecule has 172 valence electrons. The summed E-state index contributed by atoms with van der Waals surface area (Å²) in [6.45, 7) is 3.36. The number of esters is 2. The van der Waals surface area contributed by atoms with Crippen molar-refractivity contribution >= 4 is 11.9 Å². The molecule has 0 spiro atoms. The lowest BCUT2D eigenvalue weighted by Crippen LogP contribution is -2.14. The summed E-state index contributed by atoms with van der Waals surface area (Å²) in [5.74, 6) is 0.00612. The van der Waals surface area contributed by atoms with Gasteiger partial charge in [-0.2, -0.15) is 0 Å². The molecule has 1 unspecified atom stereocenters. The first-order valence-electron chi connectivity index (χ1n) is 11.6. The second kappa shape index (κ2) is 12.6. The van der Waals surface area contributed by atoms with Crippen molar-refractivity contribution in [1.82, 2.24) is 0 Å². The molecule has 0 radical (unpaired) electrons. The number of carbonyl (C=O) groups excluding carboxylic acids is 2. The van der Waals surface area contributed by atoms with Crippen LogP contribution < -0.4 is 4.74 Å². The zero-order valence-electron chi connectivity index (χ0n) is 19.5. The van der Waals surface area contributed by atoms with Crippen molar-refractivity contribution in [2.75, 3.05) is 0 Å². The lowest BCUT2D eigenvalue weighted by molar-refractivity contribution is -0.131. The fraction of sp³-hybridized carbons (Fsp3) is 0.310. The summed E-state index contributed by atoms with van der Waals surface area (Å²) in [4.78, 5) is 23.1. The highest BCUT2D eigenvalue weighted by molar-refractivity contribution is 5.89. The molecule has 4 nitrogen and oxygen atoms in total. The number of ether oxygens (including phenoxy) is 2. The maximum Gasteiger partial charge on any atom is 0.338 e. The molecule has 0 aromatic heterocycles. The van der Waals surface area contributed by atoms with Crippen molar-refractivity contribution in [3.05, 3.63) is 90.0 Å². The molecule has 3 aromatic carbocycles. The van der Waals surface area contributed by atoms with E-state index in [1.165, 1.54) is 18.9 Å². The number of hydrogen-bond donors (Lipinski definition) is 0. The van der Waals surface area contributed by atoms with E-state index < -0.39 is 0 Å². The van der Waals surface area contributed by atoms with E-state index in [0.29, 0.717) is 11.3 Å². The van der Waals surface area contributed by atoms with Gasteiger partial charge in [-0.1, -0.05) is 67.4 Å². The number of hydrogen-bond acceptors (Lipinski definition) is 4. The fourth-order valence-corrected chi connectivity index (χ4v) is 3.74. The summed E-state index contributed by atoms with van der Waals surface area (Å²) in [6, 6.07) is 25.3. The predicted octanol–water partition coefficient (Wildman–Crippen LogP) is 7.02. The molecule has 3 rings (SSSR count). The van der Waals surface area contributed by atoms with Gasteiger partial charge in [0.15, 0.2) is 0 Å². The van der Waals surface area contributed by atoms with Gasteiger partial charge in [-0.3, -0.25) is 4.79 Å². The van der Waals surface area contributed by atoms with Crippen molar-refractivity contribution in [3.8, 4) is 16.9 Å². The second-order valence-electron chi connectivity index (χ2n) is 8.35. The quantitative estimate of drug-likeness (QED) is 0.181. The minimum Gasteiger partial charge on any atom is -0.459 e. The van der Waals surface area contributed by atoms with Crippen LogP contribution in [0.3, 0.4) is 0 Å². The van der Waals surface area contributed by atoms with Gasteiger partial charge in [-0.15, -0.1) is 0 Å². The lowest BCUT2D eigenvalue weighted by Gasteiger charge is -2.13. The van der Waals surface area contributed by atoms with Gasteiger partial charge < -0.3 is 9.47 Å². The Morgan fingerprint density at radius 1 is 0.758 bits per heavy atom. The molecule has 3 aromatic rings. The standard InChI is InChI=1S/C29H32O4/c1-22(32-29(31)27-12-8-5-9-13-27)10-6-3-4-7-11-24-14-16-25(17-15-24)26-18-20-28(21-19-26)33-23(2)30/h5,8-9,12-22H,3-4,6-7,10-11H2,1-2H3. The molecule has 1 atom stereocenters. The summed E-state index contributed by atoms with van der Waals surface area (Å²) in [5.41, 5.74) is 4.18. The molecule has 0 aliphatic rings. The largest absolute Gasteiger partial charge is 0.459 e. The Bertz CT molecular complexity index is 1010. The Hall–Kier alpha value is -3.40. The first-order valence-corrected chi connectivity index (χ1v) is 11.6. The van der Waals surface area contributed by atoms with Crippen LogP contribution in [0.4, 0.5) is 0 Å². The molecule has 0 bridgehead atoms. The van der Waals surface area contributed by atoms with Gasteiger partial charge in [0.1, 0.15) is 5.75 Å². The van der Waals surface area contributed by atoms with Gasteiger partial charge in [0.05, 0.1) is 11.7 Å². The van der Waals surface area contributed by atoms with E-state index in [1.807, 2.05) is 49.4 Å². The third-order valence-corrected chi connectivity index (χ3v) is 5.55. The van der Waals surface area contributed by atoms with Crippen LogP contribution in [0.2, 0.25) is 0 Å². The van der Waals surface area contributed by atoms with Crippen molar-refractivity contribution in [3.63, 3.8) is 0 Å². The molecule has 0 aliphatic heterocycles. The minimum atomic E-state index is -0.312. The van der Waals surface area contributed by atoms with Crippen LogP contribution >= 0.6 is 0 Å². The summed E-state index contributed by atoms with van der Waals surface area (Å²) < 4.78 is 10.6. The molecule has 33 heavy (non-hydrogen) atoms. The number of aryl methyl sites for hydroxylation is 1. The topological polar surface area (TPSA) is 52.6 Å². The number of carbonyl (C=O) groups is 2. The molecular formula is C29H32O4. The van der Waals surface area contributed by atoms with Gasteiger partial charge in [-0.25, -0.2) is 4.79 Å². The third-order valence-electron chi connectivity index (χ3n) is 5.55. The summed E-state index contributed by atoms with van der Waals surface area (Å²) in [6.07, 6.45) is 6.40. The van der Waals surface area contributed by atoms with E-state index in [-0.39, 0.29) is 18.0 Å². The van der Waals surface area contributed by atoms with Crippen molar-refractivity contribution in [1.29, 1.82) is 0 Å². The SMILES string of the molecule is CC(=O)Oc1ccc(-c2ccc(CCCCCCC(C)OC(=O)c3ccccc3)cc2)cc1.